The normalized spacial score (nSPS) is 16.9. The lowest BCUT2D eigenvalue weighted by molar-refractivity contribution is 0.497. The number of rotatable bonds is 4. The van der Waals surface area contributed by atoms with Gasteiger partial charge < -0.3 is 15.5 Å². The van der Waals surface area contributed by atoms with Gasteiger partial charge >= 0.3 is 0 Å². The van der Waals surface area contributed by atoms with Crippen molar-refractivity contribution >= 4 is 28.4 Å². The Bertz CT molecular complexity index is 1120. The van der Waals surface area contributed by atoms with Gasteiger partial charge in [-0.05, 0) is 25.1 Å². The van der Waals surface area contributed by atoms with Crippen LogP contribution in [0, 0.1) is 0 Å². The van der Waals surface area contributed by atoms with Crippen molar-refractivity contribution < 1.29 is 0 Å². The smallest absolute Gasteiger partial charge is 0.162 e. The number of pyridine rings is 1. The fraction of sp³-hybridized carbons (Fsp3) is 0.238. The van der Waals surface area contributed by atoms with Crippen LogP contribution in [0.5, 0.6) is 0 Å². The first kappa shape index (κ1) is 17.6. The van der Waals surface area contributed by atoms with Crippen LogP contribution in [0.25, 0.3) is 16.6 Å². The van der Waals surface area contributed by atoms with Crippen LogP contribution in [0.2, 0.25) is 0 Å². The largest absolute Gasteiger partial charge is 0.351 e. The van der Waals surface area contributed by atoms with Gasteiger partial charge in [-0.15, -0.1) is 5.10 Å². The molecule has 1 aromatic carbocycles. The lowest BCUT2D eigenvalue weighted by Crippen LogP contribution is -2.50. The van der Waals surface area contributed by atoms with Crippen molar-refractivity contribution in [1.29, 1.82) is 0 Å². The monoisotopic (exact) mass is 386 g/mol. The van der Waals surface area contributed by atoms with Gasteiger partial charge in [0.25, 0.3) is 0 Å². The standard InChI is InChI=1S/C21H22N8/c1-15-13-23-10-11-28(15)20-12-16(6-7-25-20)29-18-5-3-2-4-17(18)21(27-29)26-19-14-22-8-9-24-19/h2-9,12,14-15,23H,10-11,13H2,1H3,(H,24,26,27)/t15-/m1/s1. The number of nitrogens with zero attached hydrogens (tertiary/aromatic N) is 6. The highest BCUT2D eigenvalue weighted by Crippen LogP contribution is 2.28. The van der Waals surface area contributed by atoms with Gasteiger partial charge in [0, 0.05) is 55.7 Å². The number of anilines is 3. The Kier molecular flexibility index (Phi) is 4.53. The van der Waals surface area contributed by atoms with Crippen molar-refractivity contribution in [3.63, 3.8) is 0 Å². The highest BCUT2D eigenvalue weighted by molar-refractivity contribution is 5.92. The highest BCUT2D eigenvalue weighted by Gasteiger charge is 2.20. The van der Waals surface area contributed by atoms with Gasteiger partial charge in [-0.3, -0.25) is 4.98 Å². The molecule has 5 rings (SSSR count). The minimum Gasteiger partial charge on any atom is -0.351 e. The minimum absolute atomic E-state index is 0.398. The van der Waals surface area contributed by atoms with Gasteiger partial charge in [0.2, 0.25) is 0 Å². The van der Waals surface area contributed by atoms with Gasteiger partial charge in [0.1, 0.15) is 11.6 Å². The zero-order valence-corrected chi connectivity index (χ0v) is 16.2. The number of fused-ring (bicyclic) bond motifs is 1. The van der Waals surface area contributed by atoms with Crippen LogP contribution in [0.4, 0.5) is 17.5 Å². The van der Waals surface area contributed by atoms with Crippen LogP contribution in [-0.4, -0.2) is 50.4 Å². The molecule has 0 amide bonds. The summed E-state index contributed by atoms with van der Waals surface area (Å²) in [6.07, 6.45) is 6.85. The van der Waals surface area contributed by atoms with Crippen molar-refractivity contribution in [3.05, 3.63) is 61.2 Å². The van der Waals surface area contributed by atoms with Crippen molar-refractivity contribution in [2.24, 2.45) is 0 Å². The van der Waals surface area contributed by atoms with E-state index in [-0.39, 0.29) is 0 Å². The van der Waals surface area contributed by atoms with Gasteiger partial charge in [0.15, 0.2) is 5.82 Å². The van der Waals surface area contributed by atoms with Crippen LogP contribution >= 0.6 is 0 Å². The average molecular weight is 386 g/mol. The molecule has 1 aliphatic rings. The first-order valence-corrected chi connectivity index (χ1v) is 9.74. The average Bonchev–Trinajstić information content (AvgIpc) is 3.13. The van der Waals surface area contributed by atoms with Gasteiger partial charge in [-0.2, -0.15) is 0 Å². The third-order valence-corrected chi connectivity index (χ3v) is 5.17. The van der Waals surface area contributed by atoms with E-state index in [2.05, 4.69) is 55.6 Å². The fourth-order valence-electron chi connectivity index (χ4n) is 3.72. The lowest BCUT2D eigenvalue weighted by atomic mass is 10.2. The molecule has 0 spiro atoms. The number of hydrogen-bond acceptors (Lipinski definition) is 7. The molecule has 146 valence electrons. The van der Waals surface area contributed by atoms with E-state index in [1.54, 1.807) is 18.6 Å². The lowest BCUT2D eigenvalue weighted by Gasteiger charge is -2.35. The van der Waals surface area contributed by atoms with Crippen LogP contribution < -0.4 is 15.5 Å². The van der Waals surface area contributed by atoms with Crippen LogP contribution in [0.1, 0.15) is 6.92 Å². The van der Waals surface area contributed by atoms with Crippen molar-refractivity contribution in [2.45, 2.75) is 13.0 Å². The van der Waals surface area contributed by atoms with Crippen molar-refractivity contribution in [1.82, 2.24) is 30.0 Å². The molecule has 0 bridgehead atoms. The maximum Gasteiger partial charge on any atom is 0.162 e. The molecule has 0 saturated carbocycles. The number of nitrogens with one attached hydrogen (secondary N) is 2. The summed E-state index contributed by atoms with van der Waals surface area (Å²) < 4.78 is 1.95. The quantitative estimate of drug-likeness (QED) is 0.558. The Balaban J connectivity index is 1.56. The van der Waals surface area contributed by atoms with Gasteiger partial charge in [-0.25, -0.2) is 14.6 Å². The van der Waals surface area contributed by atoms with Gasteiger partial charge in [0.05, 0.1) is 17.4 Å². The maximum absolute atomic E-state index is 4.84. The molecule has 1 saturated heterocycles. The number of aromatic nitrogens is 5. The molecule has 4 heterocycles. The molecule has 4 aromatic rings. The summed E-state index contributed by atoms with van der Waals surface area (Å²) in [5.74, 6) is 2.38. The predicted octanol–water partition coefficient (Wildman–Crippen LogP) is 2.75. The Morgan fingerprint density at radius 3 is 2.90 bits per heavy atom. The highest BCUT2D eigenvalue weighted by atomic mass is 15.3. The number of benzene rings is 1. The zero-order valence-electron chi connectivity index (χ0n) is 16.2. The fourth-order valence-corrected chi connectivity index (χ4v) is 3.72. The first-order chi connectivity index (χ1) is 14.3. The molecule has 8 nitrogen and oxygen atoms in total. The number of hydrogen-bond donors (Lipinski definition) is 2. The third kappa shape index (κ3) is 3.38. The molecule has 0 radical (unpaired) electrons. The van der Waals surface area contributed by atoms with Crippen LogP contribution in [-0.2, 0) is 0 Å². The maximum atomic E-state index is 4.84. The van der Waals surface area contributed by atoms with E-state index in [4.69, 9.17) is 5.10 Å². The molecule has 8 heteroatoms. The molecule has 2 N–H and O–H groups in total. The summed E-state index contributed by atoms with van der Waals surface area (Å²) in [4.78, 5) is 15.4. The van der Waals surface area contributed by atoms with E-state index >= 15 is 0 Å². The predicted molar refractivity (Wildman–Crippen MR) is 114 cm³/mol. The SMILES string of the molecule is C[C@@H]1CNCCN1c1cc(-n2nc(Nc3cnccn3)c3ccccc32)ccn1. The molecular weight excluding hydrogens is 364 g/mol. The second kappa shape index (κ2) is 7.48. The Hall–Kier alpha value is -3.52. The first-order valence-electron chi connectivity index (χ1n) is 9.74. The molecule has 1 aliphatic heterocycles. The van der Waals surface area contributed by atoms with Crippen molar-refractivity contribution in [2.75, 3.05) is 29.9 Å². The van der Waals surface area contributed by atoms with Crippen LogP contribution in [0.3, 0.4) is 0 Å². The van der Waals surface area contributed by atoms with E-state index in [0.29, 0.717) is 11.9 Å². The Morgan fingerprint density at radius 1 is 1.10 bits per heavy atom. The van der Waals surface area contributed by atoms with E-state index in [0.717, 1.165) is 47.9 Å². The zero-order chi connectivity index (χ0) is 19.6. The second-order valence-corrected chi connectivity index (χ2v) is 7.11. The Morgan fingerprint density at radius 2 is 2.03 bits per heavy atom. The summed E-state index contributed by atoms with van der Waals surface area (Å²) in [5, 5.41) is 12.6. The topological polar surface area (TPSA) is 83.8 Å². The van der Waals surface area contributed by atoms with E-state index in [1.165, 1.54) is 0 Å². The summed E-state index contributed by atoms with van der Waals surface area (Å²) in [6.45, 7) is 5.08. The molecule has 3 aromatic heterocycles. The molecule has 29 heavy (non-hydrogen) atoms. The molecule has 0 aliphatic carbocycles. The molecule has 1 atom stereocenters. The van der Waals surface area contributed by atoms with Crippen molar-refractivity contribution in [3.8, 4) is 5.69 Å². The molecule has 0 unspecified atom stereocenters. The second-order valence-electron chi connectivity index (χ2n) is 7.11. The number of piperazine rings is 1. The van der Waals surface area contributed by atoms with E-state index in [9.17, 15) is 0 Å². The molecular formula is C21H22N8. The summed E-state index contributed by atoms with van der Waals surface area (Å²) in [5.41, 5.74) is 1.99. The molecule has 1 fully saturated rings. The number of para-hydroxylation sites is 1. The minimum atomic E-state index is 0.398. The summed E-state index contributed by atoms with van der Waals surface area (Å²) in [7, 11) is 0. The van der Waals surface area contributed by atoms with Gasteiger partial charge in [-0.1, -0.05) is 12.1 Å². The summed E-state index contributed by atoms with van der Waals surface area (Å²) in [6, 6.07) is 12.6. The summed E-state index contributed by atoms with van der Waals surface area (Å²) >= 11 is 0. The third-order valence-electron chi connectivity index (χ3n) is 5.17. The van der Waals surface area contributed by atoms with E-state index in [1.807, 2.05) is 29.1 Å². The van der Waals surface area contributed by atoms with Crippen LogP contribution in [0.15, 0.2) is 61.2 Å². The van der Waals surface area contributed by atoms with E-state index < -0.39 is 0 Å². The Labute approximate surface area is 168 Å².